The Morgan fingerprint density at radius 1 is 1.47 bits per heavy atom. The van der Waals surface area contributed by atoms with Crippen molar-refractivity contribution in [3.05, 3.63) is 35.9 Å². The average Bonchev–Trinajstić information content (AvgIpc) is 2.27. The summed E-state index contributed by atoms with van der Waals surface area (Å²) >= 11 is 0. The molecule has 0 aliphatic rings. The number of hydrogen-bond donors (Lipinski definition) is 2. The zero-order valence-electron chi connectivity index (χ0n) is 9.88. The van der Waals surface area contributed by atoms with Gasteiger partial charge in [0.25, 0.3) is 0 Å². The third-order valence-electron chi connectivity index (χ3n) is 2.02. The summed E-state index contributed by atoms with van der Waals surface area (Å²) in [6, 6.07) is 9.38. The van der Waals surface area contributed by atoms with Crippen molar-refractivity contribution >= 4 is 12.3 Å². The van der Waals surface area contributed by atoms with Gasteiger partial charge in [-0.25, -0.2) is 4.79 Å². The Balaban J connectivity index is 2.41. The molecule has 17 heavy (non-hydrogen) atoms. The van der Waals surface area contributed by atoms with E-state index in [0.29, 0.717) is 0 Å². The smallest absolute Gasteiger partial charge is 0.408 e. The molecule has 0 spiro atoms. The number of nitrogens with zero attached hydrogens (tertiary/aromatic N) is 1. The molecule has 0 aromatic heterocycles. The Morgan fingerprint density at radius 2 is 2.12 bits per heavy atom. The number of carbonyl (C=O) groups excluding carboxylic acids is 1. The molecule has 1 rings (SSSR count). The summed E-state index contributed by atoms with van der Waals surface area (Å²) in [5.74, 6) is 0. The first-order valence-corrected chi connectivity index (χ1v) is 5.21. The number of oxime groups is 1. The van der Waals surface area contributed by atoms with E-state index in [9.17, 15) is 4.79 Å². The van der Waals surface area contributed by atoms with Crippen LogP contribution in [0.25, 0.3) is 0 Å². The van der Waals surface area contributed by atoms with Gasteiger partial charge >= 0.3 is 6.09 Å². The summed E-state index contributed by atoms with van der Waals surface area (Å²) in [5.41, 5.74) is 0.166. The van der Waals surface area contributed by atoms with Crippen molar-refractivity contribution in [3.63, 3.8) is 0 Å². The molecule has 1 amide bonds. The van der Waals surface area contributed by atoms with Crippen molar-refractivity contribution in [1.29, 1.82) is 0 Å². The van der Waals surface area contributed by atoms with Gasteiger partial charge in [0.05, 0.1) is 11.8 Å². The molecule has 0 fully saturated rings. The van der Waals surface area contributed by atoms with E-state index < -0.39 is 11.6 Å². The number of carbonyl (C=O) groups is 1. The van der Waals surface area contributed by atoms with Crippen LogP contribution in [0.5, 0.6) is 0 Å². The largest absolute Gasteiger partial charge is 0.445 e. The molecule has 0 saturated carbocycles. The molecular formula is C12H16N2O3. The molecule has 5 nitrogen and oxygen atoms in total. The Morgan fingerprint density at radius 3 is 2.71 bits per heavy atom. The third kappa shape index (κ3) is 5.01. The fraction of sp³-hybridized carbons (Fsp3) is 0.333. The highest BCUT2D eigenvalue weighted by atomic mass is 16.5. The standard InChI is InChI=1S/C12H16N2O3/c1-12(2,9-13-16)14-11(15)17-8-10-6-4-3-5-7-10/h3-7,9,16H,8H2,1-2H3,(H,14,15). The molecule has 0 saturated heterocycles. The third-order valence-corrected chi connectivity index (χ3v) is 2.02. The zero-order chi connectivity index (χ0) is 12.7. The van der Waals surface area contributed by atoms with Gasteiger partial charge in [-0.05, 0) is 19.4 Å². The summed E-state index contributed by atoms with van der Waals surface area (Å²) < 4.78 is 5.02. The lowest BCUT2D eigenvalue weighted by molar-refractivity contribution is 0.134. The van der Waals surface area contributed by atoms with Crippen LogP contribution in [-0.2, 0) is 11.3 Å². The lowest BCUT2D eigenvalue weighted by Gasteiger charge is -2.20. The van der Waals surface area contributed by atoms with Crippen LogP contribution in [0, 0.1) is 0 Å². The monoisotopic (exact) mass is 236 g/mol. The lowest BCUT2D eigenvalue weighted by atomic mass is 10.1. The molecule has 0 bridgehead atoms. The predicted molar refractivity (Wildman–Crippen MR) is 64.1 cm³/mol. The maximum Gasteiger partial charge on any atom is 0.408 e. The van der Waals surface area contributed by atoms with Crippen molar-refractivity contribution < 1.29 is 14.7 Å². The van der Waals surface area contributed by atoms with Gasteiger partial charge in [-0.3, -0.25) is 0 Å². The SMILES string of the molecule is CC(C)(C=NO)NC(=O)OCc1ccccc1. The summed E-state index contributed by atoms with van der Waals surface area (Å²) in [5, 5.41) is 13.8. The highest BCUT2D eigenvalue weighted by molar-refractivity contribution is 5.77. The Kier molecular flexibility index (Phi) is 4.51. The van der Waals surface area contributed by atoms with Crippen molar-refractivity contribution in [1.82, 2.24) is 5.32 Å². The molecular weight excluding hydrogens is 220 g/mol. The molecule has 5 heteroatoms. The van der Waals surface area contributed by atoms with E-state index in [4.69, 9.17) is 9.94 Å². The zero-order valence-corrected chi connectivity index (χ0v) is 9.88. The molecule has 1 aromatic carbocycles. The first kappa shape index (κ1) is 13.0. The minimum Gasteiger partial charge on any atom is -0.445 e. The quantitative estimate of drug-likeness (QED) is 0.478. The maximum absolute atomic E-state index is 11.4. The van der Waals surface area contributed by atoms with Crippen LogP contribution in [-0.4, -0.2) is 23.1 Å². The second-order valence-electron chi connectivity index (χ2n) is 4.15. The molecule has 0 aliphatic carbocycles. The Hall–Kier alpha value is -2.04. The van der Waals surface area contributed by atoms with Gasteiger partial charge in [0.15, 0.2) is 0 Å². The van der Waals surface area contributed by atoms with Crippen molar-refractivity contribution in [3.8, 4) is 0 Å². The van der Waals surface area contributed by atoms with Crippen LogP contribution in [0.3, 0.4) is 0 Å². The lowest BCUT2D eigenvalue weighted by Crippen LogP contribution is -2.44. The highest BCUT2D eigenvalue weighted by Gasteiger charge is 2.18. The van der Waals surface area contributed by atoms with E-state index in [1.807, 2.05) is 30.3 Å². The molecule has 2 N–H and O–H groups in total. The number of rotatable bonds is 4. The number of hydrogen-bond acceptors (Lipinski definition) is 4. The maximum atomic E-state index is 11.4. The second-order valence-corrected chi connectivity index (χ2v) is 4.15. The summed E-state index contributed by atoms with van der Waals surface area (Å²) in [6.07, 6.45) is 0.662. The topological polar surface area (TPSA) is 70.9 Å². The van der Waals surface area contributed by atoms with Crippen LogP contribution in [0.4, 0.5) is 4.79 Å². The number of amides is 1. The van der Waals surface area contributed by atoms with Gasteiger partial charge < -0.3 is 15.3 Å². The molecule has 0 unspecified atom stereocenters. The van der Waals surface area contributed by atoms with E-state index in [0.717, 1.165) is 5.56 Å². The second kappa shape index (κ2) is 5.89. The van der Waals surface area contributed by atoms with E-state index in [1.54, 1.807) is 13.8 Å². The van der Waals surface area contributed by atoms with Crippen LogP contribution in [0.2, 0.25) is 0 Å². The van der Waals surface area contributed by atoms with E-state index >= 15 is 0 Å². The molecule has 0 radical (unpaired) electrons. The molecule has 92 valence electrons. The number of alkyl carbamates (subject to hydrolysis) is 1. The Bertz CT molecular complexity index is 388. The van der Waals surface area contributed by atoms with E-state index in [1.165, 1.54) is 6.21 Å². The minimum absolute atomic E-state index is 0.207. The minimum atomic E-state index is -0.747. The number of benzene rings is 1. The average molecular weight is 236 g/mol. The number of ether oxygens (including phenoxy) is 1. The van der Waals surface area contributed by atoms with E-state index in [2.05, 4.69) is 10.5 Å². The van der Waals surface area contributed by atoms with Crippen molar-refractivity contribution in [2.24, 2.45) is 5.16 Å². The summed E-state index contributed by atoms with van der Waals surface area (Å²) in [7, 11) is 0. The first-order valence-electron chi connectivity index (χ1n) is 5.21. The Labute approximate surface area is 100 Å². The van der Waals surface area contributed by atoms with Crippen LogP contribution in [0.15, 0.2) is 35.5 Å². The molecule has 0 atom stereocenters. The predicted octanol–water partition coefficient (Wildman–Crippen LogP) is 2.15. The van der Waals surface area contributed by atoms with Crippen LogP contribution in [0.1, 0.15) is 19.4 Å². The molecule has 0 heterocycles. The molecule has 1 aromatic rings. The van der Waals surface area contributed by atoms with Gasteiger partial charge in [0, 0.05) is 0 Å². The first-order chi connectivity index (χ1) is 8.03. The fourth-order valence-corrected chi connectivity index (χ4v) is 1.20. The van der Waals surface area contributed by atoms with Crippen molar-refractivity contribution in [2.45, 2.75) is 26.0 Å². The summed E-state index contributed by atoms with van der Waals surface area (Å²) in [6.45, 7) is 3.59. The van der Waals surface area contributed by atoms with Gasteiger partial charge in [-0.15, -0.1) is 0 Å². The van der Waals surface area contributed by atoms with E-state index in [-0.39, 0.29) is 6.61 Å². The van der Waals surface area contributed by atoms with Gasteiger partial charge in [-0.1, -0.05) is 35.5 Å². The van der Waals surface area contributed by atoms with Gasteiger partial charge in [0.2, 0.25) is 0 Å². The van der Waals surface area contributed by atoms with Crippen molar-refractivity contribution in [2.75, 3.05) is 0 Å². The van der Waals surface area contributed by atoms with Crippen LogP contribution >= 0.6 is 0 Å². The van der Waals surface area contributed by atoms with Gasteiger partial charge in [-0.2, -0.15) is 0 Å². The number of nitrogens with one attached hydrogen (secondary N) is 1. The fourth-order valence-electron chi connectivity index (χ4n) is 1.20. The molecule has 0 aliphatic heterocycles. The summed E-state index contributed by atoms with van der Waals surface area (Å²) in [4.78, 5) is 11.4. The van der Waals surface area contributed by atoms with Crippen LogP contribution < -0.4 is 5.32 Å². The normalized spacial score (nSPS) is 11.4. The highest BCUT2D eigenvalue weighted by Crippen LogP contribution is 2.03. The van der Waals surface area contributed by atoms with Gasteiger partial charge in [0.1, 0.15) is 6.61 Å².